The van der Waals surface area contributed by atoms with E-state index in [0.717, 1.165) is 16.7 Å². The summed E-state index contributed by atoms with van der Waals surface area (Å²) in [7, 11) is 1.37. The standard InChI is InChI=1S/C23H23NO2S.C2HF3O2/c1-26-22(25)21(24)17-27-23(18-11-5-2-6-12-18,19-13-7-3-8-14-19)20-15-9-4-10-16-20;3-2(4,5)1(6)7/h2-16,21H,17,24H2,1H3;(H,6,7). The first-order valence-corrected chi connectivity index (χ1v) is 11.1. The van der Waals surface area contributed by atoms with Crippen LogP contribution in [0.2, 0.25) is 0 Å². The molecule has 3 aromatic rings. The van der Waals surface area contributed by atoms with E-state index in [1.807, 2.05) is 54.6 Å². The molecule has 3 N–H and O–H groups in total. The van der Waals surface area contributed by atoms with Crippen LogP contribution in [0.3, 0.4) is 0 Å². The zero-order valence-electron chi connectivity index (χ0n) is 18.2. The van der Waals surface area contributed by atoms with Crippen molar-refractivity contribution >= 4 is 23.7 Å². The summed E-state index contributed by atoms with van der Waals surface area (Å²) in [5, 5.41) is 7.12. The van der Waals surface area contributed by atoms with E-state index in [1.54, 1.807) is 11.8 Å². The highest BCUT2D eigenvalue weighted by molar-refractivity contribution is 8.00. The van der Waals surface area contributed by atoms with Crippen LogP contribution >= 0.6 is 11.8 Å². The van der Waals surface area contributed by atoms with Gasteiger partial charge in [0.25, 0.3) is 0 Å². The molecule has 0 aliphatic heterocycles. The molecule has 5 nitrogen and oxygen atoms in total. The first-order chi connectivity index (χ1) is 16.1. The van der Waals surface area contributed by atoms with Gasteiger partial charge in [0.05, 0.1) is 11.9 Å². The highest BCUT2D eigenvalue weighted by Gasteiger charge is 2.39. The van der Waals surface area contributed by atoms with Gasteiger partial charge in [-0.2, -0.15) is 13.2 Å². The van der Waals surface area contributed by atoms with Gasteiger partial charge in [0, 0.05) is 5.75 Å². The van der Waals surface area contributed by atoms with Gasteiger partial charge >= 0.3 is 18.1 Å². The average Bonchev–Trinajstić information content (AvgIpc) is 2.85. The number of benzene rings is 3. The van der Waals surface area contributed by atoms with Crippen LogP contribution in [0, 0.1) is 0 Å². The average molecular weight is 492 g/mol. The fourth-order valence-corrected chi connectivity index (χ4v) is 4.68. The maximum atomic E-state index is 11.9. The molecule has 0 aromatic heterocycles. The summed E-state index contributed by atoms with van der Waals surface area (Å²) in [6, 6.07) is 30.3. The number of carboxylic acid groups (broad SMARTS) is 1. The molecule has 3 aromatic carbocycles. The number of rotatable bonds is 7. The highest BCUT2D eigenvalue weighted by Crippen LogP contribution is 2.48. The molecule has 3 rings (SSSR count). The van der Waals surface area contributed by atoms with Gasteiger partial charge in [0.2, 0.25) is 0 Å². The molecule has 0 radical (unpaired) electrons. The SMILES string of the molecule is COC(=O)C(N)CSC(c1ccccc1)(c1ccccc1)c1ccccc1.O=C(O)C(F)(F)F. The van der Waals surface area contributed by atoms with Gasteiger partial charge in [-0.1, -0.05) is 91.0 Å². The molecule has 0 aliphatic carbocycles. The number of esters is 1. The van der Waals surface area contributed by atoms with Crippen LogP contribution in [0.5, 0.6) is 0 Å². The van der Waals surface area contributed by atoms with Crippen LogP contribution in [0.1, 0.15) is 16.7 Å². The second kappa shape index (κ2) is 12.2. The van der Waals surface area contributed by atoms with Gasteiger partial charge < -0.3 is 15.6 Å². The maximum Gasteiger partial charge on any atom is 0.490 e. The van der Waals surface area contributed by atoms with E-state index in [1.165, 1.54) is 7.11 Å². The van der Waals surface area contributed by atoms with Gasteiger partial charge in [-0.15, -0.1) is 11.8 Å². The molecule has 1 unspecified atom stereocenters. The molecule has 0 bridgehead atoms. The number of thioether (sulfide) groups is 1. The summed E-state index contributed by atoms with van der Waals surface area (Å²) >= 11 is 1.65. The summed E-state index contributed by atoms with van der Waals surface area (Å²) in [6.07, 6.45) is -5.08. The Kier molecular flexibility index (Phi) is 9.70. The zero-order chi connectivity index (χ0) is 25.2. The predicted octanol–water partition coefficient (Wildman–Crippen LogP) is 4.85. The lowest BCUT2D eigenvalue weighted by molar-refractivity contribution is -0.192. The second-order valence-corrected chi connectivity index (χ2v) is 8.26. The van der Waals surface area contributed by atoms with E-state index in [2.05, 4.69) is 36.4 Å². The van der Waals surface area contributed by atoms with Crippen LogP contribution in [-0.2, 0) is 19.1 Å². The molecule has 0 heterocycles. The van der Waals surface area contributed by atoms with Crippen molar-refractivity contribution in [2.24, 2.45) is 5.73 Å². The number of alkyl halides is 3. The van der Waals surface area contributed by atoms with Crippen molar-refractivity contribution < 1.29 is 32.6 Å². The van der Waals surface area contributed by atoms with Crippen LogP contribution < -0.4 is 5.73 Å². The third kappa shape index (κ3) is 6.85. The van der Waals surface area contributed by atoms with Crippen molar-refractivity contribution in [3.63, 3.8) is 0 Å². The van der Waals surface area contributed by atoms with Crippen LogP contribution in [-0.4, -0.2) is 42.1 Å². The normalized spacial score (nSPS) is 12.1. The molecule has 1 atom stereocenters. The molecule has 180 valence electrons. The summed E-state index contributed by atoms with van der Waals surface area (Å²) < 4.78 is 36.1. The molecule has 0 spiro atoms. The van der Waals surface area contributed by atoms with Crippen LogP contribution in [0.25, 0.3) is 0 Å². The number of hydrogen-bond donors (Lipinski definition) is 2. The summed E-state index contributed by atoms with van der Waals surface area (Å²) in [5.41, 5.74) is 9.50. The first kappa shape index (κ1) is 26.9. The van der Waals surface area contributed by atoms with Crippen molar-refractivity contribution in [3.05, 3.63) is 108 Å². The number of nitrogens with two attached hydrogens (primary N) is 1. The number of hydrogen-bond acceptors (Lipinski definition) is 5. The topological polar surface area (TPSA) is 89.6 Å². The minimum atomic E-state index is -5.08. The Balaban J connectivity index is 0.000000509. The van der Waals surface area contributed by atoms with E-state index >= 15 is 0 Å². The van der Waals surface area contributed by atoms with Gasteiger partial charge in [0.1, 0.15) is 6.04 Å². The van der Waals surface area contributed by atoms with E-state index in [-0.39, 0.29) is 0 Å². The van der Waals surface area contributed by atoms with Crippen molar-refractivity contribution in [2.75, 3.05) is 12.9 Å². The molecule has 34 heavy (non-hydrogen) atoms. The minimum Gasteiger partial charge on any atom is -0.475 e. The Morgan fingerprint density at radius 2 is 1.18 bits per heavy atom. The third-order valence-corrected chi connectivity index (χ3v) is 6.43. The lowest BCUT2D eigenvalue weighted by Gasteiger charge is -2.36. The van der Waals surface area contributed by atoms with Crippen LogP contribution in [0.15, 0.2) is 91.0 Å². The fraction of sp³-hybridized carbons (Fsp3) is 0.200. The Morgan fingerprint density at radius 1 is 0.853 bits per heavy atom. The number of carbonyl (C=O) groups is 2. The molecular weight excluding hydrogens is 467 g/mol. The molecule has 0 saturated heterocycles. The monoisotopic (exact) mass is 491 g/mol. The maximum absolute atomic E-state index is 11.9. The molecule has 0 saturated carbocycles. The predicted molar refractivity (Wildman–Crippen MR) is 125 cm³/mol. The Hall–Kier alpha value is -3.30. The van der Waals surface area contributed by atoms with E-state index < -0.39 is 28.9 Å². The number of ether oxygens (including phenoxy) is 1. The number of halogens is 3. The summed E-state index contributed by atoms with van der Waals surface area (Å²) in [5.74, 6) is -2.72. The minimum absolute atomic E-state index is 0.398. The van der Waals surface area contributed by atoms with Crippen LogP contribution in [0.4, 0.5) is 13.2 Å². The molecular formula is C25H24F3NO4S. The van der Waals surface area contributed by atoms with E-state index in [9.17, 15) is 18.0 Å². The lowest BCUT2D eigenvalue weighted by Crippen LogP contribution is -2.36. The number of aliphatic carboxylic acids is 1. The highest BCUT2D eigenvalue weighted by atomic mass is 32.2. The van der Waals surface area contributed by atoms with E-state index in [4.69, 9.17) is 20.4 Å². The Morgan fingerprint density at radius 3 is 1.44 bits per heavy atom. The van der Waals surface area contributed by atoms with Crippen molar-refractivity contribution in [1.82, 2.24) is 0 Å². The van der Waals surface area contributed by atoms with Crippen molar-refractivity contribution in [3.8, 4) is 0 Å². The molecule has 0 fully saturated rings. The van der Waals surface area contributed by atoms with Gasteiger partial charge in [-0.3, -0.25) is 4.79 Å². The second-order valence-electron chi connectivity index (χ2n) is 7.02. The largest absolute Gasteiger partial charge is 0.490 e. The van der Waals surface area contributed by atoms with Crippen molar-refractivity contribution in [2.45, 2.75) is 17.0 Å². The van der Waals surface area contributed by atoms with E-state index in [0.29, 0.717) is 5.75 Å². The smallest absolute Gasteiger partial charge is 0.475 e. The fourth-order valence-electron chi connectivity index (χ4n) is 3.20. The van der Waals surface area contributed by atoms with Gasteiger partial charge in [-0.25, -0.2) is 4.79 Å². The number of methoxy groups -OCH3 is 1. The lowest BCUT2D eigenvalue weighted by atomic mass is 9.84. The third-order valence-electron chi connectivity index (χ3n) is 4.77. The molecule has 0 amide bonds. The summed E-state index contributed by atoms with van der Waals surface area (Å²) in [4.78, 5) is 20.8. The zero-order valence-corrected chi connectivity index (χ0v) is 19.1. The number of carboxylic acids is 1. The Bertz CT molecular complexity index is 951. The molecule has 0 aliphatic rings. The first-order valence-electron chi connectivity index (χ1n) is 10.1. The van der Waals surface area contributed by atoms with Crippen molar-refractivity contribution in [1.29, 1.82) is 0 Å². The quantitative estimate of drug-likeness (QED) is 0.363. The Labute approximate surface area is 199 Å². The van der Waals surface area contributed by atoms with Gasteiger partial charge in [0.15, 0.2) is 0 Å². The molecule has 9 heteroatoms. The number of carbonyl (C=O) groups excluding carboxylic acids is 1. The summed E-state index contributed by atoms with van der Waals surface area (Å²) in [6.45, 7) is 0. The van der Waals surface area contributed by atoms with Gasteiger partial charge in [-0.05, 0) is 16.7 Å².